The lowest BCUT2D eigenvalue weighted by Crippen LogP contribution is -2.23. The summed E-state index contributed by atoms with van der Waals surface area (Å²) in [4.78, 5) is 3.31. The summed E-state index contributed by atoms with van der Waals surface area (Å²) in [6.07, 6.45) is 5.94. The Hall–Kier alpha value is -1.24. The molecule has 0 saturated carbocycles. The normalized spacial score (nSPS) is 12.4. The van der Waals surface area contributed by atoms with Crippen LogP contribution in [0.25, 0.3) is 12.2 Å². The van der Waals surface area contributed by atoms with E-state index < -0.39 is 0 Å². The molecule has 0 radical (unpaired) electrons. The summed E-state index contributed by atoms with van der Waals surface area (Å²) in [7, 11) is 0. The van der Waals surface area contributed by atoms with Gasteiger partial charge in [-0.3, -0.25) is 0 Å². The fraction of sp³-hybridized carbons (Fsp3) is 0.385. The number of aromatic amines is 1. The van der Waals surface area contributed by atoms with Crippen LogP contribution in [0.1, 0.15) is 32.0 Å². The number of hydrogen-bond acceptors (Lipinski definition) is 0. The Kier molecular flexibility index (Phi) is 5.70. The number of rotatable bonds is 1. The Balaban J connectivity index is 0.000000791. The zero-order valence-electron chi connectivity index (χ0n) is 9.94. The Labute approximate surface area is 86.9 Å². The van der Waals surface area contributed by atoms with Gasteiger partial charge in [0, 0.05) is 16.3 Å². The van der Waals surface area contributed by atoms with Gasteiger partial charge < -0.3 is 4.98 Å². The molecule has 0 aliphatic heterocycles. The highest BCUT2D eigenvalue weighted by molar-refractivity contribution is 5.41. The second kappa shape index (κ2) is 6.25. The smallest absolute Gasteiger partial charge is 0.0415 e. The molecule has 0 amide bonds. The van der Waals surface area contributed by atoms with E-state index in [0.717, 1.165) is 0 Å². The highest BCUT2D eigenvalue weighted by Crippen LogP contribution is 1.91. The van der Waals surface area contributed by atoms with Gasteiger partial charge in [0.05, 0.1) is 0 Å². The van der Waals surface area contributed by atoms with Crippen molar-refractivity contribution in [3.63, 3.8) is 0 Å². The van der Waals surface area contributed by atoms with E-state index in [1.165, 1.54) is 21.8 Å². The standard InChI is InChI=1S/C11H15N.C2H6/c1-5-7-10-8(3)9(4)12-11(10)6-2;1-2/h5-7,12H,1H2,2-4H3;1-2H3/b10-7-,11-6+;. The van der Waals surface area contributed by atoms with Crippen molar-refractivity contribution in [2.45, 2.75) is 34.6 Å². The average Bonchev–Trinajstić information content (AvgIpc) is 2.49. The molecule has 0 bridgehead atoms. The Bertz CT molecular complexity index is 394. The van der Waals surface area contributed by atoms with Crippen molar-refractivity contribution < 1.29 is 0 Å². The molecule has 1 nitrogen and oxygen atoms in total. The number of H-pyrrole nitrogens is 1. The molecule has 0 spiro atoms. The molecule has 1 aromatic rings. The summed E-state index contributed by atoms with van der Waals surface area (Å²) in [6.45, 7) is 13.9. The molecule has 0 unspecified atom stereocenters. The van der Waals surface area contributed by atoms with Crippen LogP contribution in [-0.4, -0.2) is 4.98 Å². The summed E-state index contributed by atoms with van der Waals surface area (Å²) >= 11 is 0. The summed E-state index contributed by atoms with van der Waals surface area (Å²) in [6, 6.07) is 0. The first-order valence-corrected chi connectivity index (χ1v) is 5.15. The maximum absolute atomic E-state index is 3.70. The molecular weight excluding hydrogens is 170 g/mol. The number of allylic oxidation sites excluding steroid dienone is 1. The van der Waals surface area contributed by atoms with Crippen LogP contribution in [-0.2, 0) is 0 Å². The van der Waals surface area contributed by atoms with E-state index in [4.69, 9.17) is 0 Å². The molecule has 0 aromatic carbocycles. The van der Waals surface area contributed by atoms with Crippen LogP contribution in [0.4, 0.5) is 0 Å². The monoisotopic (exact) mass is 191 g/mol. The Morgan fingerprint density at radius 3 is 2.21 bits per heavy atom. The molecule has 0 aliphatic rings. The number of aryl methyl sites for hydroxylation is 1. The van der Waals surface area contributed by atoms with Gasteiger partial charge in [-0.15, -0.1) is 0 Å². The number of nitrogens with one attached hydrogen (secondary N) is 1. The molecule has 1 aromatic heterocycles. The number of aromatic nitrogens is 1. The summed E-state index contributed by atoms with van der Waals surface area (Å²) in [5, 5.41) is 2.44. The molecule has 0 saturated heterocycles. The van der Waals surface area contributed by atoms with Crippen molar-refractivity contribution in [1.29, 1.82) is 0 Å². The van der Waals surface area contributed by atoms with Gasteiger partial charge in [-0.2, -0.15) is 0 Å². The average molecular weight is 191 g/mol. The third kappa shape index (κ3) is 2.63. The van der Waals surface area contributed by atoms with Crippen LogP contribution in [0.2, 0.25) is 0 Å². The van der Waals surface area contributed by atoms with Crippen molar-refractivity contribution in [3.05, 3.63) is 34.5 Å². The minimum absolute atomic E-state index is 1.19. The molecular formula is C13H21N. The van der Waals surface area contributed by atoms with E-state index in [-0.39, 0.29) is 0 Å². The zero-order chi connectivity index (χ0) is 11.1. The van der Waals surface area contributed by atoms with Crippen LogP contribution in [0.15, 0.2) is 12.7 Å². The fourth-order valence-electron chi connectivity index (χ4n) is 1.33. The van der Waals surface area contributed by atoms with Crippen LogP contribution in [0, 0.1) is 13.8 Å². The fourth-order valence-corrected chi connectivity index (χ4v) is 1.33. The lowest BCUT2D eigenvalue weighted by molar-refractivity contribution is 1.20. The predicted molar refractivity (Wildman–Crippen MR) is 65.7 cm³/mol. The third-order valence-electron chi connectivity index (χ3n) is 2.15. The highest BCUT2D eigenvalue weighted by atomic mass is 14.7. The van der Waals surface area contributed by atoms with Crippen LogP contribution >= 0.6 is 0 Å². The summed E-state index contributed by atoms with van der Waals surface area (Å²) in [5.41, 5.74) is 2.54. The van der Waals surface area contributed by atoms with Crippen LogP contribution in [0.3, 0.4) is 0 Å². The molecule has 1 heterocycles. The van der Waals surface area contributed by atoms with E-state index in [2.05, 4.69) is 31.5 Å². The molecule has 14 heavy (non-hydrogen) atoms. The molecule has 1 rings (SSSR count). The van der Waals surface area contributed by atoms with Gasteiger partial charge in [-0.25, -0.2) is 0 Å². The van der Waals surface area contributed by atoms with Crippen LogP contribution < -0.4 is 10.6 Å². The highest BCUT2D eigenvalue weighted by Gasteiger charge is 1.96. The van der Waals surface area contributed by atoms with Crippen molar-refractivity contribution in [1.82, 2.24) is 4.98 Å². The van der Waals surface area contributed by atoms with Crippen LogP contribution in [0.5, 0.6) is 0 Å². The van der Waals surface area contributed by atoms with E-state index in [1.807, 2.05) is 32.9 Å². The molecule has 1 heteroatoms. The van der Waals surface area contributed by atoms with Gasteiger partial charge in [0.25, 0.3) is 0 Å². The van der Waals surface area contributed by atoms with Gasteiger partial charge in [0.1, 0.15) is 0 Å². The Morgan fingerprint density at radius 1 is 1.21 bits per heavy atom. The molecule has 0 atom stereocenters. The summed E-state index contributed by atoms with van der Waals surface area (Å²) < 4.78 is 0. The van der Waals surface area contributed by atoms with E-state index in [9.17, 15) is 0 Å². The van der Waals surface area contributed by atoms with Crippen molar-refractivity contribution in [2.24, 2.45) is 0 Å². The first-order chi connectivity index (χ1) is 6.70. The SMILES string of the molecule is C=C/C=c1/c(C)c(C)[nH]/c1=C/C.CC. The molecule has 0 fully saturated rings. The Morgan fingerprint density at radius 2 is 1.79 bits per heavy atom. The molecule has 0 aliphatic carbocycles. The first-order valence-electron chi connectivity index (χ1n) is 5.15. The first kappa shape index (κ1) is 12.8. The van der Waals surface area contributed by atoms with Gasteiger partial charge in [0.2, 0.25) is 0 Å². The molecule has 1 N–H and O–H groups in total. The van der Waals surface area contributed by atoms with Gasteiger partial charge in [-0.1, -0.05) is 38.7 Å². The van der Waals surface area contributed by atoms with E-state index >= 15 is 0 Å². The maximum atomic E-state index is 3.70. The zero-order valence-corrected chi connectivity index (χ0v) is 9.94. The minimum Gasteiger partial charge on any atom is -0.359 e. The molecule has 78 valence electrons. The lowest BCUT2D eigenvalue weighted by atomic mass is 10.2. The number of hydrogen-bond donors (Lipinski definition) is 1. The second-order valence-corrected chi connectivity index (χ2v) is 2.89. The van der Waals surface area contributed by atoms with Gasteiger partial charge in [-0.05, 0) is 26.3 Å². The summed E-state index contributed by atoms with van der Waals surface area (Å²) in [5.74, 6) is 0. The topological polar surface area (TPSA) is 15.8 Å². The minimum atomic E-state index is 1.19. The van der Waals surface area contributed by atoms with Gasteiger partial charge >= 0.3 is 0 Å². The van der Waals surface area contributed by atoms with Crippen molar-refractivity contribution in [2.75, 3.05) is 0 Å². The second-order valence-electron chi connectivity index (χ2n) is 2.89. The van der Waals surface area contributed by atoms with Crippen molar-refractivity contribution >= 4 is 12.2 Å². The lowest BCUT2D eigenvalue weighted by Gasteiger charge is -1.84. The third-order valence-corrected chi connectivity index (χ3v) is 2.15. The quantitative estimate of drug-likeness (QED) is 0.701. The van der Waals surface area contributed by atoms with E-state index in [1.54, 1.807) is 0 Å². The van der Waals surface area contributed by atoms with Crippen molar-refractivity contribution in [3.8, 4) is 0 Å². The largest absolute Gasteiger partial charge is 0.359 e. The predicted octanol–water partition coefficient (Wildman–Crippen LogP) is 2.42. The van der Waals surface area contributed by atoms with Gasteiger partial charge in [0.15, 0.2) is 0 Å². The van der Waals surface area contributed by atoms with E-state index in [0.29, 0.717) is 0 Å². The maximum Gasteiger partial charge on any atom is 0.0415 e.